The summed E-state index contributed by atoms with van der Waals surface area (Å²) in [5, 5.41) is 0. The predicted octanol–water partition coefficient (Wildman–Crippen LogP) is 6.25. The lowest BCUT2D eigenvalue weighted by Crippen LogP contribution is -2.07. The van der Waals surface area contributed by atoms with Crippen LogP contribution in [0.4, 0.5) is 0 Å². The quantitative estimate of drug-likeness (QED) is 0.540. The van der Waals surface area contributed by atoms with Crippen molar-refractivity contribution < 1.29 is 4.74 Å². The summed E-state index contributed by atoms with van der Waals surface area (Å²) in [6.07, 6.45) is 9.74. The summed E-state index contributed by atoms with van der Waals surface area (Å²) in [7, 11) is 1.70. The molecule has 0 spiro atoms. The van der Waals surface area contributed by atoms with Gasteiger partial charge < -0.3 is 4.74 Å². The average Bonchev–Trinajstić information content (AvgIpc) is 2.45. The molecule has 0 N–H and O–H groups in total. The summed E-state index contributed by atoms with van der Waals surface area (Å²) in [6, 6.07) is 6.24. The second kappa shape index (κ2) is 7.68. The van der Waals surface area contributed by atoms with Gasteiger partial charge >= 0.3 is 0 Å². The van der Waals surface area contributed by atoms with Gasteiger partial charge in [0.05, 0.1) is 7.11 Å². The van der Waals surface area contributed by atoms with Crippen molar-refractivity contribution in [3.05, 3.63) is 28.2 Å². The van der Waals surface area contributed by atoms with E-state index in [0.29, 0.717) is 4.83 Å². The summed E-state index contributed by atoms with van der Waals surface area (Å²) >= 11 is 7.48. The molecule has 0 bridgehead atoms. The number of hydrogen-bond donors (Lipinski definition) is 0. The number of alkyl halides is 1. The van der Waals surface area contributed by atoms with Crippen LogP contribution in [0, 0.1) is 5.92 Å². The first-order valence-electron chi connectivity index (χ1n) is 7.18. The molecule has 0 amide bonds. The van der Waals surface area contributed by atoms with Crippen LogP contribution in [0.3, 0.4) is 0 Å². The largest absolute Gasteiger partial charge is 0.497 e. The number of ether oxygens (including phenoxy) is 1. The maximum Gasteiger partial charge on any atom is 0.120 e. The van der Waals surface area contributed by atoms with E-state index in [9.17, 15) is 0 Å². The van der Waals surface area contributed by atoms with Crippen LogP contribution in [-0.2, 0) is 0 Å². The lowest BCUT2D eigenvalue weighted by Gasteiger charge is -2.23. The lowest BCUT2D eigenvalue weighted by molar-refractivity contribution is 0.332. The molecule has 1 aliphatic carbocycles. The fraction of sp³-hybridized carbons (Fsp3) is 0.625. The van der Waals surface area contributed by atoms with Crippen LogP contribution in [0.1, 0.15) is 55.3 Å². The van der Waals surface area contributed by atoms with Gasteiger partial charge in [0.25, 0.3) is 0 Å². The van der Waals surface area contributed by atoms with Crippen molar-refractivity contribution in [2.75, 3.05) is 7.11 Å². The molecule has 19 heavy (non-hydrogen) atoms. The Morgan fingerprint density at radius 3 is 2.63 bits per heavy atom. The van der Waals surface area contributed by atoms with Gasteiger partial charge in [0.1, 0.15) is 5.75 Å². The monoisotopic (exact) mass is 388 g/mol. The van der Waals surface area contributed by atoms with Crippen molar-refractivity contribution in [1.29, 1.82) is 0 Å². The number of methoxy groups -OCH3 is 1. The van der Waals surface area contributed by atoms with Crippen molar-refractivity contribution in [2.45, 2.75) is 49.8 Å². The summed E-state index contributed by atoms with van der Waals surface area (Å²) < 4.78 is 6.38. The van der Waals surface area contributed by atoms with Crippen molar-refractivity contribution in [1.82, 2.24) is 0 Å². The Labute approximate surface area is 133 Å². The van der Waals surface area contributed by atoms with Crippen LogP contribution in [0.2, 0.25) is 0 Å². The van der Waals surface area contributed by atoms with E-state index in [2.05, 4.69) is 37.9 Å². The van der Waals surface area contributed by atoms with Crippen molar-refractivity contribution >= 4 is 31.9 Å². The highest BCUT2D eigenvalue weighted by atomic mass is 79.9. The molecule has 0 aliphatic heterocycles. The SMILES string of the molecule is COc1ccc(C(Br)CCC2CCCCC2)c(Br)c1. The maximum atomic E-state index is 5.24. The highest BCUT2D eigenvalue weighted by Crippen LogP contribution is 2.38. The fourth-order valence-electron chi connectivity index (χ4n) is 2.90. The molecule has 1 aromatic carbocycles. The van der Waals surface area contributed by atoms with Crippen LogP contribution in [-0.4, -0.2) is 7.11 Å². The Morgan fingerprint density at radius 2 is 2.00 bits per heavy atom. The van der Waals surface area contributed by atoms with E-state index in [1.165, 1.54) is 50.5 Å². The van der Waals surface area contributed by atoms with Gasteiger partial charge in [-0.15, -0.1) is 0 Å². The van der Waals surface area contributed by atoms with E-state index in [1.54, 1.807) is 7.11 Å². The van der Waals surface area contributed by atoms with Gasteiger partial charge in [-0.25, -0.2) is 0 Å². The van der Waals surface area contributed by atoms with Crippen LogP contribution in [0.25, 0.3) is 0 Å². The van der Waals surface area contributed by atoms with Crippen molar-refractivity contribution in [2.24, 2.45) is 5.92 Å². The standard InChI is InChI=1S/C16H22Br2O/c1-19-13-8-9-14(16(18)11-13)15(17)10-7-12-5-3-2-4-6-12/h8-9,11-12,15H,2-7,10H2,1H3. The van der Waals surface area contributed by atoms with Crippen LogP contribution < -0.4 is 4.74 Å². The Hall–Kier alpha value is -0.0200. The number of benzene rings is 1. The summed E-state index contributed by atoms with van der Waals surface area (Å²) in [6.45, 7) is 0. The molecular weight excluding hydrogens is 368 g/mol. The Morgan fingerprint density at radius 1 is 1.26 bits per heavy atom. The van der Waals surface area contributed by atoms with Gasteiger partial charge in [0.2, 0.25) is 0 Å². The third-order valence-electron chi connectivity index (χ3n) is 4.10. The molecule has 1 aliphatic rings. The minimum Gasteiger partial charge on any atom is -0.497 e. The second-order valence-corrected chi connectivity index (χ2v) is 7.40. The number of halogens is 2. The summed E-state index contributed by atoms with van der Waals surface area (Å²) in [5.41, 5.74) is 1.33. The van der Waals surface area contributed by atoms with Crippen LogP contribution in [0.15, 0.2) is 22.7 Å². The molecule has 0 aromatic heterocycles. The molecule has 1 nitrogen and oxygen atoms in total. The van der Waals surface area contributed by atoms with Crippen molar-refractivity contribution in [3.8, 4) is 5.75 Å². The molecule has 1 aromatic rings. The first kappa shape index (κ1) is 15.4. The van der Waals surface area contributed by atoms with Gasteiger partial charge in [-0.3, -0.25) is 0 Å². The number of hydrogen-bond acceptors (Lipinski definition) is 1. The minimum absolute atomic E-state index is 0.440. The second-order valence-electron chi connectivity index (χ2n) is 5.44. The molecule has 1 atom stereocenters. The molecule has 0 heterocycles. The molecule has 3 heteroatoms. The zero-order chi connectivity index (χ0) is 13.7. The highest BCUT2D eigenvalue weighted by molar-refractivity contribution is 9.11. The van der Waals surface area contributed by atoms with E-state index < -0.39 is 0 Å². The van der Waals surface area contributed by atoms with Gasteiger partial charge in [-0.1, -0.05) is 70.0 Å². The average molecular weight is 390 g/mol. The van der Waals surface area contributed by atoms with Crippen LogP contribution in [0.5, 0.6) is 5.75 Å². The Bertz CT molecular complexity index is 400. The van der Waals surface area contributed by atoms with E-state index in [-0.39, 0.29) is 0 Å². The number of rotatable bonds is 5. The zero-order valence-corrected chi connectivity index (χ0v) is 14.7. The molecule has 2 rings (SSSR count). The third kappa shape index (κ3) is 4.49. The first-order valence-corrected chi connectivity index (χ1v) is 8.89. The van der Waals surface area contributed by atoms with E-state index in [0.717, 1.165) is 16.1 Å². The zero-order valence-electron chi connectivity index (χ0n) is 11.5. The van der Waals surface area contributed by atoms with Crippen LogP contribution >= 0.6 is 31.9 Å². The smallest absolute Gasteiger partial charge is 0.120 e. The molecule has 0 saturated heterocycles. The lowest BCUT2D eigenvalue weighted by atomic mass is 9.85. The van der Waals surface area contributed by atoms with E-state index >= 15 is 0 Å². The Balaban J connectivity index is 1.89. The van der Waals surface area contributed by atoms with Gasteiger partial charge in [-0.05, 0) is 36.5 Å². The topological polar surface area (TPSA) is 9.23 Å². The molecular formula is C16H22Br2O. The molecule has 1 saturated carbocycles. The van der Waals surface area contributed by atoms with Gasteiger partial charge in [0, 0.05) is 9.30 Å². The highest BCUT2D eigenvalue weighted by Gasteiger charge is 2.17. The normalized spacial score (nSPS) is 18.3. The van der Waals surface area contributed by atoms with E-state index in [1.807, 2.05) is 12.1 Å². The molecule has 1 unspecified atom stereocenters. The third-order valence-corrected chi connectivity index (χ3v) is 5.74. The predicted molar refractivity (Wildman–Crippen MR) is 88.2 cm³/mol. The minimum atomic E-state index is 0.440. The summed E-state index contributed by atoms with van der Waals surface area (Å²) in [5.74, 6) is 1.86. The Kier molecular flexibility index (Phi) is 6.21. The van der Waals surface area contributed by atoms with E-state index in [4.69, 9.17) is 4.74 Å². The molecule has 106 valence electrons. The first-order chi connectivity index (χ1) is 9.20. The van der Waals surface area contributed by atoms with Gasteiger partial charge in [-0.2, -0.15) is 0 Å². The molecule has 0 radical (unpaired) electrons. The molecule has 1 fully saturated rings. The maximum absolute atomic E-state index is 5.24. The van der Waals surface area contributed by atoms with Crippen molar-refractivity contribution in [3.63, 3.8) is 0 Å². The summed E-state index contributed by atoms with van der Waals surface area (Å²) in [4.78, 5) is 0.440. The fourth-order valence-corrected chi connectivity index (χ4v) is 4.51. The van der Waals surface area contributed by atoms with Gasteiger partial charge in [0.15, 0.2) is 0 Å².